The summed E-state index contributed by atoms with van der Waals surface area (Å²) >= 11 is 0. The van der Waals surface area contributed by atoms with E-state index in [1.165, 1.54) is 12.8 Å². The van der Waals surface area contributed by atoms with Gasteiger partial charge >= 0.3 is 0 Å². The third-order valence-corrected chi connectivity index (χ3v) is 4.08. The molecule has 0 radical (unpaired) electrons. The lowest BCUT2D eigenvalue weighted by atomic mass is 10.1. The summed E-state index contributed by atoms with van der Waals surface area (Å²) in [5.41, 5.74) is 1.56. The SMILES string of the molecule is CCC(C)NC(=O)c1cccc(CNC(=O)CNCC2CC2)c1. The minimum absolute atomic E-state index is 0.0138. The molecule has 1 saturated carbocycles. The van der Waals surface area contributed by atoms with E-state index >= 15 is 0 Å². The van der Waals surface area contributed by atoms with Crippen LogP contribution in [0.25, 0.3) is 0 Å². The van der Waals surface area contributed by atoms with Crippen LogP contribution in [0.5, 0.6) is 0 Å². The van der Waals surface area contributed by atoms with Crippen molar-refractivity contribution in [3.63, 3.8) is 0 Å². The van der Waals surface area contributed by atoms with E-state index in [0.29, 0.717) is 18.7 Å². The van der Waals surface area contributed by atoms with Crippen LogP contribution in [0, 0.1) is 5.92 Å². The second kappa shape index (κ2) is 8.67. The fourth-order valence-electron chi connectivity index (χ4n) is 2.21. The number of hydrogen-bond donors (Lipinski definition) is 3. The van der Waals surface area contributed by atoms with E-state index in [1.54, 1.807) is 6.07 Å². The second-order valence-corrected chi connectivity index (χ2v) is 6.33. The molecule has 1 fully saturated rings. The third kappa shape index (κ3) is 6.40. The number of carbonyl (C=O) groups is 2. The Morgan fingerprint density at radius 3 is 2.78 bits per heavy atom. The summed E-state index contributed by atoms with van der Waals surface area (Å²) in [6.07, 6.45) is 3.45. The Bertz CT molecular complexity index is 541. The van der Waals surface area contributed by atoms with Crippen molar-refractivity contribution in [2.45, 2.75) is 45.7 Å². The molecule has 5 heteroatoms. The predicted octanol–water partition coefficient (Wildman–Crippen LogP) is 1.83. The lowest BCUT2D eigenvalue weighted by Gasteiger charge is -2.12. The van der Waals surface area contributed by atoms with Crippen molar-refractivity contribution in [2.75, 3.05) is 13.1 Å². The topological polar surface area (TPSA) is 70.2 Å². The van der Waals surface area contributed by atoms with Gasteiger partial charge in [0, 0.05) is 18.2 Å². The van der Waals surface area contributed by atoms with Crippen molar-refractivity contribution in [2.24, 2.45) is 5.92 Å². The van der Waals surface area contributed by atoms with Crippen molar-refractivity contribution in [1.29, 1.82) is 0 Å². The first kappa shape index (κ1) is 17.5. The Labute approximate surface area is 138 Å². The van der Waals surface area contributed by atoms with Crippen molar-refractivity contribution < 1.29 is 9.59 Å². The van der Waals surface area contributed by atoms with E-state index in [9.17, 15) is 9.59 Å². The van der Waals surface area contributed by atoms with Gasteiger partial charge in [-0.1, -0.05) is 19.1 Å². The minimum atomic E-state index is -0.0707. The van der Waals surface area contributed by atoms with Crippen LogP contribution in [0.2, 0.25) is 0 Å². The second-order valence-electron chi connectivity index (χ2n) is 6.33. The summed E-state index contributed by atoms with van der Waals surface area (Å²) in [4.78, 5) is 23.9. The predicted molar refractivity (Wildman–Crippen MR) is 91.1 cm³/mol. The minimum Gasteiger partial charge on any atom is -0.351 e. The molecule has 1 aliphatic carbocycles. The van der Waals surface area contributed by atoms with Gasteiger partial charge in [0.25, 0.3) is 5.91 Å². The summed E-state index contributed by atoms with van der Waals surface area (Å²) in [5.74, 6) is 0.683. The van der Waals surface area contributed by atoms with E-state index < -0.39 is 0 Å². The molecule has 0 bridgehead atoms. The molecule has 23 heavy (non-hydrogen) atoms. The zero-order chi connectivity index (χ0) is 16.7. The quantitative estimate of drug-likeness (QED) is 0.651. The van der Waals surface area contributed by atoms with Gasteiger partial charge in [0.1, 0.15) is 0 Å². The van der Waals surface area contributed by atoms with Crippen LogP contribution in [-0.4, -0.2) is 30.9 Å². The molecule has 3 N–H and O–H groups in total. The molecule has 0 aliphatic heterocycles. The molecule has 5 nitrogen and oxygen atoms in total. The summed E-state index contributed by atoms with van der Waals surface area (Å²) in [6, 6.07) is 7.54. The Morgan fingerprint density at radius 1 is 1.30 bits per heavy atom. The largest absolute Gasteiger partial charge is 0.351 e. The molecule has 2 amide bonds. The van der Waals surface area contributed by atoms with Crippen molar-refractivity contribution in [3.8, 4) is 0 Å². The van der Waals surface area contributed by atoms with Gasteiger partial charge in [0.15, 0.2) is 0 Å². The lowest BCUT2D eigenvalue weighted by molar-refractivity contribution is -0.120. The summed E-state index contributed by atoms with van der Waals surface area (Å²) in [5, 5.41) is 8.99. The van der Waals surface area contributed by atoms with Crippen LogP contribution >= 0.6 is 0 Å². The molecule has 1 unspecified atom stereocenters. The van der Waals surface area contributed by atoms with Gasteiger partial charge in [0.2, 0.25) is 5.91 Å². The molecule has 0 heterocycles. The lowest BCUT2D eigenvalue weighted by Crippen LogP contribution is -2.34. The van der Waals surface area contributed by atoms with Crippen LogP contribution < -0.4 is 16.0 Å². The number of benzene rings is 1. The van der Waals surface area contributed by atoms with Crippen molar-refractivity contribution >= 4 is 11.8 Å². The fourth-order valence-corrected chi connectivity index (χ4v) is 2.21. The first-order chi connectivity index (χ1) is 11.1. The number of hydrogen-bond acceptors (Lipinski definition) is 3. The molecule has 0 aromatic heterocycles. The highest BCUT2D eigenvalue weighted by molar-refractivity contribution is 5.94. The van der Waals surface area contributed by atoms with Gasteiger partial charge in [0.05, 0.1) is 6.54 Å². The van der Waals surface area contributed by atoms with E-state index in [1.807, 2.05) is 32.0 Å². The highest BCUT2D eigenvalue weighted by Gasteiger charge is 2.20. The maximum Gasteiger partial charge on any atom is 0.251 e. The molecule has 1 aromatic carbocycles. The summed E-state index contributed by atoms with van der Waals surface area (Å²) in [6.45, 7) is 5.74. The molecule has 1 aromatic rings. The van der Waals surface area contributed by atoms with Crippen LogP contribution in [0.3, 0.4) is 0 Å². The standard InChI is InChI=1S/C18H27N3O2/c1-3-13(2)21-18(23)16-6-4-5-15(9-16)11-20-17(22)12-19-10-14-7-8-14/h4-6,9,13-14,19H,3,7-8,10-12H2,1-2H3,(H,20,22)(H,21,23). The first-order valence-corrected chi connectivity index (χ1v) is 8.45. The van der Waals surface area contributed by atoms with Crippen molar-refractivity contribution in [1.82, 2.24) is 16.0 Å². The number of amides is 2. The number of carbonyl (C=O) groups excluding carboxylic acids is 2. The van der Waals surface area contributed by atoms with E-state index in [-0.39, 0.29) is 17.9 Å². The monoisotopic (exact) mass is 317 g/mol. The first-order valence-electron chi connectivity index (χ1n) is 8.45. The van der Waals surface area contributed by atoms with Crippen LogP contribution in [0.1, 0.15) is 49.0 Å². The van der Waals surface area contributed by atoms with E-state index in [0.717, 1.165) is 24.4 Å². The van der Waals surface area contributed by atoms with Crippen molar-refractivity contribution in [3.05, 3.63) is 35.4 Å². The van der Waals surface area contributed by atoms with Gasteiger partial charge in [-0.3, -0.25) is 9.59 Å². The van der Waals surface area contributed by atoms with Gasteiger partial charge in [-0.15, -0.1) is 0 Å². The molecule has 2 rings (SSSR count). The van der Waals surface area contributed by atoms with Gasteiger partial charge in [-0.05, 0) is 56.3 Å². The molecule has 1 aliphatic rings. The zero-order valence-electron chi connectivity index (χ0n) is 14.0. The third-order valence-electron chi connectivity index (χ3n) is 4.08. The molecule has 1 atom stereocenters. The molecule has 0 saturated heterocycles. The average molecular weight is 317 g/mol. The van der Waals surface area contributed by atoms with Gasteiger partial charge < -0.3 is 16.0 Å². The Balaban J connectivity index is 1.77. The zero-order valence-corrected chi connectivity index (χ0v) is 14.0. The normalized spacial score (nSPS) is 15.0. The number of rotatable bonds is 9. The fraction of sp³-hybridized carbons (Fsp3) is 0.556. The molecule has 126 valence electrons. The molecular weight excluding hydrogens is 290 g/mol. The van der Waals surface area contributed by atoms with E-state index in [4.69, 9.17) is 0 Å². The summed E-state index contributed by atoms with van der Waals surface area (Å²) < 4.78 is 0. The Morgan fingerprint density at radius 2 is 2.09 bits per heavy atom. The van der Waals surface area contributed by atoms with Crippen LogP contribution in [0.15, 0.2) is 24.3 Å². The highest BCUT2D eigenvalue weighted by Crippen LogP contribution is 2.27. The van der Waals surface area contributed by atoms with E-state index in [2.05, 4.69) is 16.0 Å². The maximum absolute atomic E-state index is 12.1. The number of nitrogens with one attached hydrogen (secondary N) is 3. The molecule has 0 spiro atoms. The molecular formula is C18H27N3O2. The maximum atomic E-state index is 12.1. The van der Waals surface area contributed by atoms with Gasteiger partial charge in [-0.2, -0.15) is 0 Å². The van der Waals surface area contributed by atoms with Crippen LogP contribution in [-0.2, 0) is 11.3 Å². The highest BCUT2D eigenvalue weighted by atomic mass is 16.2. The Kier molecular flexibility index (Phi) is 6.59. The van der Waals surface area contributed by atoms with Crippen LogP contribution in [0.4, 0.5) is 0 Å². The Hall–Kier alpha value is -1.88. The van der Waals surface area contributed by atoms with Gasteiger partial charge in [-0.25, -0.2) is 0 Å². The smallest absolute Gasteiger partial charge is 0.251 e. The average Bonchev–Trinajstić information content (AvgIpc) is 3.37. The summed E-state index contributed by atoms with van der Waals surface area (Å²) in [7, 11) is 0.